The largest absolute Gasteiger partial charge is 0.493 e. The van der Waals surface area contributed by atoms with Crippen molar-refractivity contribution in [2.24, 2.45) is 0 Å². The lowest BCUT2D eigenvalue weighted by Gasteiger charge is -2.23. The number of rotatable bonds is 9. The van der Waals surface area contributed by atoms with Gasteiger partial charge in [-0.25, -0.2) is 8.78 Å². The Labute approximate surface area is 169 Å². The van der Waals surface area contributed by atoms with Crippen LogP contribution in [0.1, 0.15) is 16.7 Å². The molecule has 1 aromatic heterocycles. The van der Waals surface area contributed by atoms with E-state index in [-0.39, 0.29) is 0 Å². The monoisotopic (exact) mass is 398 g/mol. The highest BCUT2D eigenvalue weighted by Gasteiger charge is 2.12. The quantitative estimate of drug-likeness (QED) is 0.527. The Balaban J connectivity index is 1.75. The Morgan fingerprint density at radius 1 is 0.828 bits per heavy atom. The van der Waals surface area contributed by atoms with Crippen molar-refractivity contribution >= 4 is 0 Å². The van der Waals surface area contributed by atoms with Crippen LogP contribution < -0.4 is 9.47 Å². The van der Waals surface area contributed by atoms with Crippen molar-refractivity contribution in [1.82, 2.24) is 9.88 Å². The fourth-order valence-corrected chi connectivity index (χ4v) is 3.17. The van der Waals surface area contributed by atoms with Gasteiger partial charge in [0.15, 0.2) is 11.5 Å². The lowest BCUT2D eigenvalue weighted by atomic mass is 10.1. The zero-order valence-electron chi connectivity index (χ0n) is 16.6. The van der Waals surface area contributed by atoms with Crippen molar-refractivity contribution in [3.63, 3.8) is 0 Å². The van der Waals surface area contributed by atoms with Crippen LogP contribution in [0, 0.1) is 11.6 Å². The summed E-state index contributed by atoms with van der Waals surface area (Å²) in [6.07, 6.45) is 4.22. The molecule has 4 nitrogen and oxygen atoms in total. The predicted molar refractivity (Wildman–Crippen MR) is 108 cm³/mol. The molecule has 0 aliphatic rings. The minimum Gasteiger partial charge on any atom is -0.493 e. The summed E-state index contributed by atoms with van der Waals surface area (Å²) >= 11 is 0. The number of hydrogen-bond acceptors (Lipinski definition) is 4. The van der Waals surface area contributed by atoms with Crippen molar-refractivity contribution in [3.05, 3.63) is 89.2 Å². The number of benzene rings is 2. The molecule has 0 spiro atoms. The van der Waals surface area contributed by atoms with Gasteiger partial charge in [0.2, 0.25) is 0 Å². The van der Waals surface area contributed by atoms with Crippen LogP contribution in [0.5, 0.6) is 11.5 Å². The first-order valence-corrected chi connectivity index (χ1v) is 9.35. The normalized spacial score (nSPS) is 10.9. The lowest BCUT2D eigenvalue weighted by molar-refractivity contribution is 0.256. The van der Waals surface area contributed by atoms with Gasteiger partial charge in [-0.2, -0.15) is 0 Å². The molecular formula is C23H24F2N2O2. The number of halogens is 2. The second-order valence-corrected chi connectivity index (χ2v) is 6.74. The average molecular weight is 398 g/mol. The summed E-state index contributed by atoms with van der Waals surface area (Å²) in [6.45, 7) is 1.70. The Morgan fingerprint density at radius 3 is 2.28 bits per heavy atom. The SMILES string of the molecule is COc1ccc(CCN(Cc2ccncc2)Cc2ccc(F)cc2F)cc1OC. The molecule has 0 aliphatic carbocycles. The molecule has 0 fully saturated rings. The molecule has 0 aliphatic heterocycles. The third-order valence-electron chi connectivity index (χ3n) is 4.73. The standard InChI is InChI=1S/C23H24F2N2O2/c1-28-22-6-3-17(13-23(22)29-2)9-12-27(15-18-7-10-26-11-8-18)16-19-4-5-20(24)14-21(19)25/h3-8,10-11,13-14H,9,12,15-16H2,1-2H3. The Kier molecular flexibility index (Phi) is 7.14. The van der Waals surface area contributed by atoms with Gasteiger partial charge in [-0.05, 0) is 47.9 Å². The maximum atomic E-state index is 14.2. The highest BCUT2D eigenvalue weighted by molar-refractivity contribution is 5.43. The molecule has 1 heterocycles. The highest BCUT2D eigenvalue weighted by Crippen LogP contribution is 2.28. The van der Waals surface area contributed by atoms with Crippen molar-refractivity contribution in [2.75, 3.05) is 20.8 Å². The van der Waals surface area contributed by atoms with E-state index in [2.05, 4.69) is 9.88 Å². The lowest BCUT2D eigenvalue weighted by Crippen LogP contribution is -2.26. The predicted octanol–water partition coefficient (Wildman–Crippen LogP) is 4.62. The van der Waals surface area contributed by atoms with E-state index in [9.17, 15) is 8.78 Å². The van der Waals surface area contributed by atoms with Crippen molar-refractivity contribution in [3.8, 4) is 11.5 Å². The average Bonchev–Trinajstić information content (AvgIpc) is 2.74. The van der Waals surface area contributed by atoms with Gasteiger partial charge in [0.05, 0.1) is 14.2 Å². The van der Waals surface area contributed by atoms with E-state index in [0.29, 0.717) is 36.7 Å². The van der Waals surface area contributed by atoms with Gasteiger partial charge in [-0.3, -0.25) is 9.88 Å². The summed E-state index contributed by atoms with van der Waals surface area (Å²) in [5.41, 5.74) is 2.63. The first kappa shape index (κ1) is 20.7. The van der Waals surface area contributed by atoms with Crippen LogP contribution in [0.2, 0.25) is 0 Å². The van der Waals surface area contributed by atoms with Crippen molar-refractivity contribution < 1.29 is 18.3 Å². The summed E-state index contributed by atoms with van der Waals surface area (Å²) in [6, 6.07) is 13.4. The van der Waals surface area contributed by atoms with Gasteiger partial charge < -0.3 is 9.47 Å². The Bertz CT molecular complexity index is 935. The molecule has 0 saturated carbocycles. The van der Waals surface area contributed by atoms with Crippen LogP contribution in [0.4, 0.5) is 8.78 Å². The number of hydrogen-bond donors (Lipinski definition) is 0. The molecule has 0 amide bonds. The summed E-state index contributed by atoms with van der Waals surface area (Å²) in [5, 5.41) is 0. The van der Waals surface area contributed by atoms with Gasteiger partial charge in [0.1, 0.15) is 11.6 Å². The van der Waals surface area contributed by atoms with E-state index >= 15 is 0 Å². The number of nitrogens with zero attached hydrogens (tertiary/aromatic N) is 2. The fourth-order valence-electron chi connectivity index (χ4n) is 3.17. The molecule has 152 valence electrons. The number of pyridine rings is 1. The van der Waals surface area contributed by atoms with Crippen molar-refractivity contribution in [1.29, 1.82) is 0 Å². The number of aromatic nitrogens is 1. The molecule has 29 heavy (non-hydrogen) atoms. The second kappa shape index (κ2) is 9.98. The number of ether oxygens (including phenoxy) is 2. The summed E-state index contributed by atoms with van der Waals surface area (Å²) in [7, 11) is 3.21. The molecule has 0 bridgehead atoms. The first-order chi connectivity index (χ1) is 14.1. The van der Waals surface area contributed by atoms with E-state index in [0.717, 1.165) is 23.6 Å². The van der Waals surface area contributed by atoms with E-state index in [1.807, 2.05) is 30.3 Å². The molecule has 6 heteroatoms. The molecule has 0 atom stereocenters. The van der Waals surface area contributed by atoms with E-state index in [1.54, 1.807) is 26.6 Å². The zero-order valence-corrected chi connectivity index (χ0v) is 16.6. The second-order valence-electron chi connectivity index (χ2n) is 6.74. The smallest absolute Gasteiger partial charge is 0.160 e. The molecule has 0 saturated heterocycles. The van der Waals surface area contributed by atoms with Gasteiger partial charge >= 0.3 is 0 Å². The molecular weight excluding hydrogens is 374 g/mol. The summed E-state index contributed by atoms with van der Waals surface area (Å²) < 4.78 is 38.1. The summed E-state index contributed by atoms with van der Waals surface area (Å²) in [4.78, 5) is 6.17. The minimum absolute atomic E-state index is 0.377. The van der Waals surface area contributed by atoms with Gasteiger partial charge in [0, 0.05) is 43.7 Å². The maximum Gasteiger partial charge on any atom is 0.160 e. The Morgan fingerprint density at radius 2 is 1.59 bits per heavy atom. The van der Waals surface area contributed by atoms with Crippen LogP contribution in [0.15, 0.2) is 60.9 Å². The topological polar surface area (TPSA) is 34.6 Å². The first-order valence-electron chi connectivity index (χ1n) is 9.35. The number of methoxy groups -OCH3 is 2. The van der Waals surface area contributed by atoms with Gasteiger partial charge in [-0.15, -0.1) is 0 Å². The fraction of sp³-hybridized carbons (Fsp3) is 0.261. The molecule has 0 radical (unpaired) electrons. The van der Waals surface area contributed by atoms with E-state index < -0.39 is 11.6 Å². The Hall–Kier alpha value is -2.99. The van der Waals surface area contributed by atoms with E-state index in [1.165, 1.54) is 12.1 Å². The van der Waals surface area contributed by atoms with Crippen LogP contribution in [-0.2, 0) is 19.5 Å². The molecule has 0 N–H and O–H groups in total. The third kappa shape index (κ3) is 5.74. The van der Waals surface area contributed by atoms with Gasteiger partial charge in [0.25, 0.3) is 0 Å². The molecule has 3 rings (SSSR count). The van der Waals surface area contributed by atoms with Crippen LogP contribution in [0.25, 0.3) is 0 Å². The van der Waals surface area contributed by atoms with Crippen molar-refractivity contribution in [2.45, 2.75) is 19.5 Å². The zero-order chi connectivity index (χ0) is 20.6. The molecule has 2 aromatic carbocycles. The van der Waals surface area contributed by atoms with Crippen LogP contribution >= 0.6 is 0 Å². The molecule has 3 aromatic rings. The third-order valence-corrected chi connectivity index (χ3v) is 4.73. The van der Waals surface area contributed by atoms with Gasteiger partial charge in [-0.1, -0.05) is 12.1 Å². The highest BCUT2D eigenvalue weighted by atomic mass is 19.1. The van der Waals surface area contributed by atoms with E-state index in [4.69, 9.17) is 9.47 Å². The minimum atomic E-state index is -0.572. The van der Waals surface area contributed by atoms with Crippen LogP contribution in [-0.4, -0.2) is 30.6 Å². The molecule has 0 unspecified atom stereocenters. The maximum absolute atomic E-state index is 14.2. The van der Waals surface area contributed by atoms with Crippen LogP contribution in [0.3, 0.4) is 0 Å². The summed E-state index contributed by atoms with van der Waals surface area (Å²) in [5.74, 6) is 0.252.